The summed E-state index contributed by atoms with van der Waals surface area (Å²) in [5.41, 5.74) is 1.39. The molecule has 3 aliphatic heterocycles. The molecule has 0 radical (unpaired) electrons. The molecule has 0 aliphatic carbocycles. The average molecular weight is 426 g/mol. The van der Waals surface area contributed by atoms with E-state index in [1.165, 1.54) is 25.9 Å². The van der Waals surface area contributed by atoms with Crippen LogP contribution in [0.3, 0.4) is 0 Å². The van der Waals surface area contributed by atoms with Crippen LogP contribution in [0.4, 0.5) is 0 Å². The fraction of sp³-hybridized carbons (Fsp3) is 0.692. The van der Waals surface area contributed by atoms with Gasteiger partial charge in [0.15, 0.2) is 0 Å². The molecule has 3 atom stereocenters. The molecule has 5 nitrogen and oxygen atoms in total. The zero-order chi connectivity index (χ0) is 22.0. The second-order valence-electron chi connectivity index (χ2n) is 10.3. The van der Waals surface area contributed by atoms with E-state index in [0.29, 0.717) is 23.1 Å². The quantitative estimate of drug-likeness (QED) is 0.726. The molecule has 5 heteroatoms. The smallest absolute Gasteiger partial charge is 0.254 e. The van der Waals surface area contributed by atoms with Gasteiger partial charge in [-0.3, -0.25) is 14.5 Å². The lowest BCUT2D eigenvalue weighted by molar-refractivity contribution is 0.0539. The van der Waals surface area contributed by atoms with Crippen molar-refractivity contribution in [3.05, 3.63) is 35.4 Å². The van der Waals surface area contributed by atoms with Gasteiger partial charge in [-0.1, -0.05) is 13.8 Å². The number of rotatable bonds is 3. The summed E-state index contributed by atoms with van der Waals surface area (Å²) in [7, 11) is 0. The molecule has 3 saturated heterocycles. The highest BCUT2D eigenvalue weighted by molar-refractivity contribution is 5.98. The predicted octanol–water partition coefficient (Wildman–Crippen LogP) is 4.28. The van der Waals surface area contributed by atoms with Gasteiger partial charge in [-0.25, -0.2) is 0 Å². The minimum absolute atomic E-state index is 0.0926. The van der Waals surface area contributed by atoms with Crippen LogP contribution in [-0.4, -0.2) is 71.3 Å². The van der Waals surface area contributed by atoms with Crippen molar-refractivity contribution in [3.8, 4) is 0 Å². The Balaban J connectivity index is 1.32. The number of benzene rings is 1. The molecule has 4 rings (SSSR count). The van der Waals surface area contributed by atoms with Gasteiger partial charge in [0.05, 0.1) is 0 Å². The first kappa shape index (κ1) is 22.3. The van der Waals surface area contributed by atoms with E-state index in [0.717, 1.165) is 51.2 Å². The molecule has 0 N–H and O–H groups in total. The van der Waals surface area contributed by atoms with Crippen molar-refractivity contribution < 1.29 is 9.59 Å². The molecule has 0 bridgehead atoms. The maximum atomic E-state index is 13.0. The zero-order valence-electron chi connectivity index (χ0n) is 19.6. The summed E-state index contributed by atoms with van der Waals surface area (Å²) in [6.45, 7) is 11.7. The first-order chi connectivity index (χ1) is 14.9. The predicted molar refractivity (Wildman–Crippen MR) is 124 cm³/mol. The Morgan fingerprint density at radius 3 is 2.03 bits per heavy atom. The number of piperidine rings is 3. The largest absolute Gasteiger partial charge is 0.339 e. The molecule has 0 saturated carbocycles. The van der Waals surface area contributed by atoms with E-state index in [1.807, 2.05) is 34.1 Å². The fourth-order valence-electron chi connectivity index (χ4n) is 5.80. The summed E-state index contributed by atoms with van der Waals surface area (Å²) in [5.74, 6) is 1.67. The average Bonchev–Trinajstić information content (AvgIpc) is 2.78. The number of carbonyl (C=O) groups excluding carboxylic acids is 2. The summed E-state index contributed by atoms with van der Waals surface area (Å²) < 4.78 is 0. The normalized spacial score (nSPS) is 28.5. The van der Waals surface area contributed by atoms with Crippen LogP contribution in [0.2, 0.25) is 0 Å². The van der Waals surface area contributed by atoms with Crippen LogP contribution in [0, 0.1) is 11.8 Å². The molecular formula is C26H39N3O2. The van der Waals surface area contributed by atoms with Crippen molar-refractivity contribution in [2.24, 2.45) is 11.8 Å². The summed E-state index contributed by atoms with van der Waals surface area (Å²) in [6.07, 6.45) is 6.93. The highest BCUT2D eigenvalue weighted by Crippen LogP contribution is 2.26. The van der Waals surface area contributed by atoms with Gasteiger partial charge in [0.25, 0.3) is 11.8 Å². The topological polar surface area (TPSA) is 43.9 Å². The lowest BCUT2D eigenvalue weighted by Gasteiger charge is -2.41. The van der Waals surface area contributed by atoms with E-state index in [-0.39, 0.29) is 17.9 Å². The Bertz CT molecular complexity index is 769. The summed E-state index contributed by atoms with van der Waals surface area (Å²) in [4.78, 5) is 32.6. The number of carbonyl (C=O) groups is 2. The molecule has 0 spiro atoms. The van der Waals surface area contributed by atoms with E-state index in [4.69, 9.17) is 0 Å². The first-order valence-electron chi connectivity index (χ1n) is 12.4. The summed E-state index contributed by atoms with van der Waals surface area (Å²) >= 11 is 0. The van der Waals surface area contributed by atoms with Crippen molar-refractivity contribution in [2.75, 3.05) is 32.7 Å². The zero-order valence-corrected chi connectivity index (χ0v) is 19.6. The number of likely N-dealkylation sites (tertiary alicyclic amines) is 3. The highest BCUT2D eigenvalue weighted by Gasteiger charge is 2.30. The van der Waals surface area contributed by atoms with Crippen LogP contribution in [0.15, 0.2) is 24.3 Å². The molecule has 1 aromatic rings. The Hall–Kier alpha value is -1.88. The van der Waals surface area contributed by atoms with E-state index >= 15 is 0 Å². The molecule has 3 unspecified atom stereocenters. The molecule has 0 aromatic heterocycles. The number of hydrogen-bond donors (Lipinski definition) is 0. The van der Waals surface area contributed by atoms with Crippen LogP contribution in [0.1, 0.15) is 80.0 Å². The Morgan fingerprint density at radius 2 is 1.42 bits per heavy atom. The Kier molecular flexibility index (Phi) is 7.00. The number of amides is 2. The standard InChI is InChI=1S/C26H39N3O2/c1-19-10-16-29(21(3)17-19)26(31)23-8-6-22(7-9-23)25(30)27-14-11-24(12-15-27)28-13-4-5-20(2)18-28/h6-9,19-21,24H,4-5,10-18H2,1-3H3. The third kappa shape index (κ3) is 5.14. The van der Waals surface area contributed by atoms with Crippen LogP contribution < -0.4 is 0 Å². The van der Waals surface area contributed by atoms with Crippen molar-refractivity contribution in [1.82, 2.24) is 14.7 Å². The minimum Gasteiger partial charge on any atom is -0.339 e. The molecule has 31 heavy (non-hydrogen) atoms. The van der Waals surface area contributed by atoms with Gasteiger partial charge in [0, 0.05) is 49.4 Å². The van der Waals surface area contributed by atoms with Crippen LogP contribution in [0.25, 0.3) is 0 Å². The number of hydrogen-bond acceptors (Lipinski definition) is 3. The molecule has 170 valence electrons. The van der Waals surface area contributed by atoms with Gasteiger partial charge >= 0.3 is 0 Å². The second kappa shape index (κ2) is 9.72. The van der Waals surface area contributed by atoms with Gasteiger partial charge in [-0.2, -0.15) is 0 Å². The van der Waals surface area contributed by atoms with Crippen LogP contribution >= 0.6 is 0 Å². The summed E-state index contributed by atoms with van der Waals surface area (Å²) in [5, 5.41) is 0. The van der Waals surface area contributed by atoms with E-state index in [1.54, 1.807) is 0 Å². The lowest BCUT2D eigenvalue weighted by Crippen LogP contribution is -2.49. The third-order valence-corrected chi connectivity index (χ3v) is 7.73. The van der Waals surface area contributed by atoms with E-state index < -0.39 is 0 Å². The van der Waals surface area contributed by atoms with Crippen LogP contribution in [-0.2, 0) is 0 Å². The molecule has 3 fully saturated rings. The summed E-state index contributed by atoms with van der Waals surface area (Å²) in [6, 6.07) is 8.25. The van der Waals surface area contributed by atoms with Crippen molar-refractivity contribution in [3.63, 3.8) is 0 Å². The molecule has 2 amide bonds. The van der Waals surface area contributed by atoms with Gasteiger partial charge in [-0.05, 0) is 88.1 Å². The van der Waals surface area contributed by atoms with Gasteiger partial charge in [0.1, 0.15) is 0 Å². The van der Waals surface area contributed by atoms with Gasteiger partial charge < -0.3 is 9.80 Å². The van der Waals surface area contributed by atoms with E-state index in [2.05, 4.69) is 25.7 Å². The second-order valence-corrected chi connectivity index (χ2v) is 10.3. The maximum absolute atomic E-state index is 13.0. The number of nitrogens with zero attached hydrogens (tertiary/aromatic N) is 3. The highest BCUT2D eigenvalue weighted by atomic mass is 16.2. The first-order valence-corrected chi connectivity index (χ1v) is 12.4. The lowest BCUT2D eigenvalue weighted by atomic mass is 9.93. The molecule has 3 heterocycles. The Labute approximate surface area is 187 Å². The SMILES string of the molecule is CC1CCN(C(=O)c2ccc(C(=O)N3CCC(N4CCCC(C)C4)CC3)cc2)C(C)C1. The minimum atomic E-state index is 0.0926. The third-order valence-electron chi connectivity index (χ3n) is 7.73. The van der Waals surface area contributed by atoms with Crippen molar-refractivity contribution >= 4 is 11.8 Å². The van der Waals surface area contributed by atoms with Gasteiger partial charge in [-0.15, -0.1) is 0 Å². The van der Waals surface area contributed by atoms with Crippen molar-refractivity contribution in [2.45, 2.75) is 71.4 Å². The maximum Gasteiger partial charge on any atom is 0.254 e. The Morgan fingerprint density at radius 1 is 0.774 bits per heavy atom. The fourth-order valence-corrected chi connectivity index (χ4v) is 5.80. The molecule has 3 aliphatic rings. The molecule has 1 aromatic carbocycles. The van der Waals surface area contributed by atoms with Crippen LogP contribution in [0.5, 0.6) is 0 Å². The van der Waals surface area contributed by atoms with Crippen molar-refractivity contribution in [1.29, 1.82) is 0 Å². The monoisotopic (exact) mass is 425 g/mol. The van der Waals surface area contributed by atoms with Gasteiger partial charge in [0.2, 0.25) is 0 Å². The molecular weight excluding hydrogens is 386 g/mol. The van der Waals surface area contributed by atoms with E-state index in [9.17, 15) is 9.59 Å².